The maximum absolute atomic E-state index is 11.1. The lowest BCUT2D eigenvalue weighted by atomic mass is 10.2. The Morgan fingerprint density at radius 1 is 0.403 bits per heavy atom. The minimum atomic E-state index is -0.836. The van der Waals surface area contributed by atoms with E-state index >= 15 is 0 Å². The van der Waals surface area contributed by atoms with Crippen LogP contribution in [-0.2, 0) is 57.4 Å². The summed E-state index contributed by atoms with van der Waals surface area (Å²) in [6, 6.07) is 0. The number of β-lactam (4-membered cyclic amide) rings is 1. The molecule has 3 amide bonds. The number of rotatable bonds is 18. The number of esters is 3. The van der Waals surface area contributed by atoms with E-state index < -0.39 is 17.9 Å². The number of hydrogen-bond donors (Lipinski definition) is 12. The average Bonchev–Trinajstić information content (AvgIpc) is 3.72. The van der Waals surface area contributed by atoms with Crippen LogP contribution in [0.3, 0.4) is 0 Å². The zero-order chi connectivity index (χ0) is 57.0. The van der Waals surface area contributed by atoms with E-state index in [4.69, 9.17) is 63.9 Å². The number of piperidine rings is 1. The zero-order valence-electron chi connectivity index (χ0n) is 51.3. The predicted molar refractivity (Wildman–Crippen MR) is 284 cm³/mol. The number of unbranched alkanes of at least 4 members (excludes halogenated alkanes) is 2. The number of carbonyl (C=O) groups excluding carboxylic acids is 6. The van der Waals surface area contributed by atoms with Gasteiger partial charge in [0.05, 0.1) is 12.8 Å². The lowest BCUT2D eigenvalue weighted by Gasteiger charge is -2.19. The minimum Gasteiger partial charge on any atom is -0.481 e. The summed E-state index contributed by atoms with van der Waals surface area (Å²) in [6.07, 6.45) is 11.7. The highest BCUT2D eigenvalue weighted by Gasteiger charge is 2.17. The molecule has 24 heteroatoms. The molecular formula is C48H105N9O15+6. The van der Waals surface area contributed by atoms with Crippen molar-refractivity contribution in [2.45, 2.75) is 195 Å². The molecule has 3 fully saturated rings. The van der Waals surface area contributed by atoms with E-state index in [9.17, 15) is 43.2 Å². The van der Waals surface area contributed by atoms with E-state index in [1.807, 2.05) is 62.3 Å². The van der Waals surface area contributed by atoms with Crippen LogP contribution in [0.4, 0.5) is 0 Å². The van der Waals surface area contributed by atoms with E-state index in [1.165, 1.54) is 0 Å². The van der Waals surface area contributed by atoms with E-state index in [1.54, 1.807) is 0 Å². The van der Waals surface area contributed by atoms with Crippen LogP contribution in [0.5, 0.6) is 0 Å². The highest BCUT2D eigenvalue weighted by Crippen LogP contribution is 2.10. The second-order valence-corrected chi connectivity index (χ2v) is 18.7. The van der Waals surface area contributed by atoms with Gasteiger partial charge in [0.1, 0.15) is 16.8 Å². The molecular weight excluding hydrogens is 943 g/mol. The average molecular weight is 1050 g/mol. The molecule has 0 bridgehead atoms. The lowest BCUT2D eigenvalue weighted by molar-refractivity contribution is -0.156. The molecule has 0 unspecified atom stereocenters. The maximum atomic E-state index is 11.1. The third-order valence-electron chi connectivity index (χ3n) is 7.56. The lowest BCUT2D eigenvalue weighted by Crippen LogP contribution is -2.37. The number of carbonyl (C=O) groups is 9. The Morgan fingerprint density at radius 3 is 0.903 bits per heavy atom. The van der Waals surface area contributed by atoms with Gasteiger partial charge in [-0.05, 0) is 146 Å². The van der Waals surface area contributed by atoms with E-state index in [0.717, 1.165) is 77.4 Å². The first kappa shape index (κ1) is 78.4. The van der Waals surface area contributed by atoms with Crippen LogP contribution >= 0.6 is 0 Å². The highest BCUT2D eigenvalue weighted by atomic mass is 16.6. The van der Waals surface area contributed by atoms with Gasteiger partial charge < -0.3 is 79.9 Å². The summed E-state index contributed by atoms with van der Waals surface area (Å²) in [5.41, 5.74) is 29.5. The van der Waals surface area contributed by atoms with Crippen molar-refractivity contribution in [3.05, 3.63) is 0 Å². The molecule has 0 aromatic rings. The van der Waals surface area contributed by atoms with Gasteiger partial charge in [-0.25, -0.2) is 0 Å². The topological polar surface area (TPSA) is 434 Å². The molecule has 18 N–H and O–H groups in total. The molecule has 426 valence electrons. The molecule has 3 aliphatic rings. The highest BCUT2D eigenvalue weighted by molar-refractivity contribution is 5.81. The third-order valence-corrected chi connectivity index (χ3v) is 7.56. The maximum Gasteiger partial charge on any atom is 1.00 e. The van der Waals surface area contributed by atoms with Gasteiger partial charge in [0.15, 0.2) is 0 Å². The molecule has 0 aliphatic carbocycles. The van der Waals surface area contributed by atoms with Gasteiger partial charge in [0.2, 0.25) is 17.7 Å². The van der Waals surface area contributed by atoms with E-state index in [-0.39, 0.29) is 86.8 Å². The van der Waals surface area contributed by atoms with Crippen LogP contribution in [0.25, 0.3) is 0 Å². The Hall–Kier alpha value is -5.01. The number of amides is 3. The summed E-state index contributed by atoms with van der Waals surface area (Å²) in [7, 11) is 0. The summed E-state index contributed by atoms with van der Waals surface area (Å²) >= 11 is 0. The smallest absolute Gasteiger partial charge is 0.481 e. The van der Waals surface area contributed by atoms with Crippen molar-refractivity contribution in [2.75, 3.05) is 58.9 Å². The molecule has 72 heavy (non-hydrogen) atoms. The molecule has 0 radical (unpaired) electrons. The SMILES string of the molecule is CC(C)(C)OC(=O)CCCCN.CC(C)(C)OC(=O)CCCN.CC(C)(C)OC(=O)CCN.NCCC(=O)O.NCCCC(=O)O.NCCCCC(=O)O.O=C1CCCCN1.O=C1CCCN1.O=C1CCN1.[H+].[H+].[H+].[H+].[H+].[H+]. The second kappa shape index (κ2) is 52.3. The Bertz CT molecular complexity index is 1440. The number of nitrogens with one attached hydrogen (secondary N) is 3. The Balaban J connectivity index is -0.0000000629. The monoisotopic (exact) mass is 1050 g/mol. The van der Waals surface area contributed by atoms with Gasteiger partial charge in [-0.3, -0.25) is 43.2 Å². The van der Waals surface area contributed by atoms with Crippen LogP contribution in [0.1, 0.15) is 186 Å². The first-order chi connectivity index (χ1) is 33.4. The number of carboxylic acids is 3. The van der Waals surface area contributed by atoms with Gasteiger partial charge in [-0.15, -0.1) is 0 Å². The molecule has 0 spiro atoms. The molecule has 24 nitrogen and oxygen atoms in total. The molecule has 3 rings (SSSR count). The standard InChI is InChI=1S/C9H19NO2.C8H17NO2.C7H15NO2.C5H11NO2.C5H9NO.C4H9NO2.C4H7NO.C3H7NO2.C3H5NO/c1-9(2,3)12-8(11)6-4-5-7-10;1-8(2,3)11-7(10)5-4-6-9;1-7(2,3)10-6(9)4-5-8;6-4-2-1-3-5(7)8;7-5-3-1-2-4-6-5;5-3-1-2-4(6)7;6-4-2-1-3-5-4;4-2-1-3(5)6;5-3-1-2-4-3/h4-7,10H2,1-3H3;4-6,9H2,1-3H3;4-5,8H2,1-3H3;1-4,6H2,(H,7,8);1-4H2,(H,6,7);1-3,5H2,(H,6,7);1-3H2,(H,5,6);1-2,4H2,(H,5,6);1-2H2,(H,4,5)/p+6. The van der Waals surface area contributed by atoms with Gasteiger partial charge in [0, 0.05) is 77.7 Å². The third kappa shape index (κ3) is 88.0. The fraction of sp³-hybridized carbons (Fsp3) is 0.812. The summed E-state index contributed by atoms with van der Waals surface area (Å²) in [6.45, 7) is 22.2. The van der Waals surface area contributed by atoms with Crippen molar-refractivity contribution < 1.29 is 81.2 Å². The molecule has 3 saturated heterocycles. The number of aliphatic carboxylic acids is 3. The van der Waals surface area contributed by atoms with Crippen LogP contribution in [0.2, 0.25) is 0 Å². The Kier molecular flexibility index (Phi) is 57.0. The normalized spacial score (nSPS) is 13.0. The summed E-state index contributed by atoms with van der Waals surface area (Å²) in [4.78, 5) is 92.1. The first-order valence-corrected chi connectivity index (χ1v) is 24.7. The van der Waals surface area contributed by atoms with Crippen molar-refractivity contribution in [3.8, 4) is 0 Å². The fourth-order valence-corrected chi connectivity index (χ4v) is 4.27. The summed E-state index contributed by atoms with van der Waals surface area (Å²) in [5, 5.41) is 31.9. The van der Waals surface area contributed by atoms with Gasteiger partial charge >= 0.3 is 44.4 Å². The first-order valence-electron chi connectivity index (χ1n) is 24.7. The molecule has 0 saturated carbocycles. The van der Waals surface area contributed by atoms with Crippen LogP contribution < -0.4 is 50.4 Å². The van der Waals surface area contributed by atoms with E-state index in [0.29, 0.717) is 71.2 Å². The van der Waals surface area contributed by atoms with Gasteiger partial charge in [-0.2, -0.15) is 0 Å². The van der Waals surface area contributed by atoms with Gasteiger partial charge in [0.25, 0.3) is 0 Å². The number of hydrogen-bond acceptors (Lipinski definition) is 18. The fourth-order valence-electron chi connectivity index (χ4n) is 4.27. The van der Waals surface area contributed by atoms with Crippen molar-refractivity contribution >= 4 is 53.5 Å². The molecule has 0 aromatic carbocycles. The number of ether oxygens (including phenoxy) is 3. The molecule has 3 heterocycles. The molecule has 0 aromatic heterocycles. The summed E-state index contributed by atoms with van der Waals surface area (Å²) in [5.74, 6) is -2.26. The van der Waals surface area contributed by atoms with Crippen LogP contribution in [-0.4, -0.2) is 145 Å². The molecule has 3 aliphatic heterocycles. The zero-order valence-corrected chi connectivity index (χ0v) is 45.3. The van der Waals surface area contributed by atoms with Crippen molar-refractivity contribution in [1.29, 1.82) is 0 Å². The van der Waals surface area contributed by atoms with Crippen LogP contribution in [0.15, 0.2) is 0 Å². The van der Waals surface area contributed by atoms with Crippen molar-refractivity contribution in [2.24, 2.45) is 34.4 Å². The van der Waals surface area contributed by atoms with E-state index in [2.05, 4.69) is 16.0 Å². The Morgan fingerprint density at radius 2 is 0.694 bits per heavy atom. The molecule has 0 atom stereocenters. The Labute approximate surface area is 438 Å². The number of nitrogens with two attached hydrogens (primary N) is 6. The largest absolute Gasteiger partial charge is 1.00 e. The minimum absolute atomic E-state index is 0. The quantitative estimate of drug-likeness (QED) is 0.0406. The van der Waals surface area contributed by atoms with Crippen molar-refractivity contribution in [3.63, 3.8) is 0 Å². The van der Waals surface area contributed by atoms with Gasteiger partial charge in [-0.1, -0.05) is 0 Å². The van der Waals surface area contributed by atoms with Crippen molar-refractivity contribution in [1.82, 2.24) is 16.0 Å². The second-order valence-electron chi connectivity index (χ2n) is 18.7. The predicted octanol–water partition coefficient (Wildman–Crippen LogP) is 2.99. The van der Waals surface area contributed by atoms with Crippen LogP contribution in [0, 0.1) is 0 Å². The number of carboxylic acid groups (broad SMARTS) is 3. The summed E-state index contributed by atoms with van der Waals surface area (Å²) < 4.78 is 15.1.